The third-order valence-electron chi connectivity index (χ3n) is 5.76. The largest absolute Gasteiger partial charge is 0.488 e. The summed E-state index contributed by atoms with van der Waals surface area (Å²) in [4.78, 5) is 25.0. The van der Waals surface area contributed by atoms with Crippen LogP contribution in [0.3, 0.4) is 0 Å². The third kappa shape index (κ3) is 3.21. The molecule has 4 aromatic rings. The fraction of sp³-hybridized carbons (Fsp3) is 0.154. The zero-order valence-corrected chi connectivity index (χ0v) is 17.6. The second-order valence-corrected chi connectivity index (χ2v) is 7.97. The van der Waals surface area contributed by atoms with E-state index in [0.29, 0.717) is 33.7 Å². The molecule has 0 fully saturated rings. The van der Waals surface area contributed by atoms with Crippen molar-refractivity contribution in [2.45, 2.75) is 26.5 Å². The number of carboxylic acid groups (broad SMARTS) is 1. The summed E-state index contributed by atoms with van der Waals surface area (Å²) in [5.74, 6) is 0.192. The van der Waals surface area contributed by atoms with Crippen LogP contribution in [0.1, 0.15) is 40.0 Å². The molecular formula is C26H21NO5. The van der Waals surface area contributed by atoms with Crippen molar-refractivity contribution in [1.82, 2.24) is 0 Å². The van der Waals surface area contributed by atoms with E-state index in [4.69, 9.17) is 9.15 Å². The Morgan fingerprint density at radius 2 is 1.84 bits per heavy atom. The molecule has 5 rings (SSSR count). The molecule has 1 aromatic heterocycles. The first kappa shape index (κ1) is 19.9. The highest BCUT2D eigenvalue weighted by atomic mass is 16.5. The molecule has 1 atom stereocenters. The van der Waals surface area contributed by atoms with E-state index in [1.54, 1.807) is 24.3 Å². The van der Waals surface area contributed by atoms with Crippen LogP contribution in [-0.4, -0.2) is 11.1 Å². The molecule has 0 saturated heterocycles. The molecule has 32 heavy (non-hydrogen) atoms. The Morgan fingerprint density at radius 3 is 2.66 bits per heavy atom. The molecule has 2 N–H and O–H groups in total. The highest BCUT2D eigenvalue weighted by Gasteiger charge is 2.26. The van der Waals surface area contributed by atoms with Crippen molar-refractivity contribution >= 4 is 22.6 Å². The van der Waals surface area contributed by atoms with E-state index in [0.717, 1.165) is 16.7 Å². The average Bonchev–Trinajstić information content (AvgIpc) is 2.79. The van der Waals surface area contributed by atoms with Gasteiger partial charge in [-0.2, -0.15) is 0 Å². The predicted molar refractivity (Wildman–Crippen MR) is 122 cm³/mol. The minimum Gasteiger partial charge on any atom is -0.488 e. The first-order chi connectivity index (χ1) is 15.4. The van der Waals surface area contributed by atoms with Crippen LogP contribution in [0.2, 0.25) is 0 Å². The number of carbonyl (C=O) groups is 1. The second kappa shape index (κ2) is 7.57. The fourth-order valence-electron chi connectivity index (χ4n) is 4.22. The maximum absolute atomic E-state index is 13.4. The van der Waals surface area contributed by atoms with Crippen LogP contribution >= 0.6 is 0 Å². The molecule has 1 aliphatic rings. The molecular weight excluding hydrogens is 406 g/mol. The summed E-state index contributed by atoms with van der Waals surface area (Å²) in [6.07, 6.45) is 0. The van der Waals surface area contributed by atoms with E-state index < -0.39 is 5.97 Å². The third-order valence-corrected chi connectivity index (χ3v) is 5.76. The summed E-state index contributed by atoms with van der Waals surface area (Å²) in [6, 6.07) is 17.7. The SMILES string of the molecule is Cc1cc(C(C)Nc2ccccc2C(=O)O)c2oc3c(c(=O)c2c1)COc1ccccc1-3. The molecule has 0 bridgehead atoms. The number of para-hydroxylation sites is 2. The Labute approximate surface area is 184 Å². The van der Waals surface area contributed by atoms with Crippen molar-refractivity contribution < 1.29 is 19.1 Å². The molecule has 1 aliphatic heterocycles. The number of aromatic carboxylic acids is 1. The lowest BCUT2D eigenvalue weighted by atomic mass is 9.97. The summed E-state index contributed by atoms with van der Waals surface area (Å²) < 4.78 is 12.2. The van der Waals surface area contributed by atoms with E-state index in [9.17, 15) is 14.7 Å². The molecule has 6 nitrogen and oxygen atoms in total. The van der Waals surface area contributed by atoms with Gasteiger partial charge in [0.1, 0.15) is 23.7 Å². The van der Waals surface area contributed by atoms with Crippen molar-refractivity contribution in [2.24, 2.45) is 0 Å². The number of nitrogens with one attached hydrogen (secondary N) is 1. The lowest BCUT2D eigenvalue weighted by Gasteiger charge is -2.22. The average molecular weight is 427 g/mol. The monoisotopic (exact) mass is 427 g/mol. The Bertz CT molecular complexity index is 1440. The Morgan fingerprint density at radius 1 is 1.09 bits per heavy atom. The van der Waals surface area contributed by atoms with Gasteiger partial charge in [-0.25, -0.2) is 4.79 Å². The van der Waals surface area contributed by atoms with Crippen molar-refractivity contribution in [3.63, 3.8) is 0 Å². The molecule has 0 amide bonds. The molecule has 2 heterocycles. The first-order valence-corrected chi connectivity index (χ1v) is 10.4. The lowest BCUT2D eigenvalue weighted by molar-refractivity contribution is 0.0698. The standard InChI is InChI=1S/C26H21NO5/c1-14-11-18(15(2)27-21-9-5-3-7-16(21)26(29)30)25-19(12-14)23(28)20-13-31-22-10-6-4-8-17(22)24(20)32-25/h3-12,15,27H,13H2,1-2H3,(H,29,30). The van der Waals surface area contributed by atoms with Gasteiger partial charge >= 0.3 is 5.97 Å². The van der Waals surface area contributed by atoms with Gasteiger partial charge in [-0.3, -0.25) is 4.79 Å². The van der Waals surface area contributed by atoms with Crippen LogP contribution in [0.25, 0.3) is 22.3 Å². The number of hydrogen-bond acceptors (Lipinski definition) is 5. The Hall–Kier alpha value is -4.06. The van der Waals surface area contributed by atoms with E-state index in [2.05, 4.69) is 5.32 Å². The van der Waals surface area contributed by atoms with Crippen molar-refractivity contribution in [3.05, 3.63) is 93.1 Å². The minimum atomic E-state index is -1.01. The first-order valence-electron chi connectivity index (χ1n) is 10.4. The zero-order valence-electron chi connectivity index (χ0n) is 17.6. The molecule has 0 aliphatic carbocycles. The summed E-state index contributed by atoms with van der Waals surface area (Å²) in [7, 11) is 0. The Balaban J connectivity index is 1.69. The minimum absolute atomic E-state index is 0.112. The van der Waals surface area contributed by atoms with Crippen LogP contribution in [0, 0.1) is 6.92 Å². The van der Waals surface area contributed by atoms with Gasteiger partial charge in [0.2, 0.25) is 0 Å². The number of carboxylic acids is 1. The van der Waals surface area contributed by atoms with Gasteiger partial charge in [-0.1, -0.05) is 30.3 Å². The van der Waals surface area contributed by atoms with E-state index in [1.165, 1.54) is 0 Å². The smallest absolute Gasteiger partial charge is 0.337 e. The van der Waals surface area contributed by atoms with Gasteiger partial charge < -0.3 is 19.6 Å². The van der Waals surface area contributed by atoms with Gasteiger partial charge in [0.25, 0.3) is 0 Å². The number of aryl methyl sites for hydroxylation is 1. The summed E-state index contributed by atoms with van der Waals surface area (Å²) >= 11 is 0. The van der Waals surface area contributed by atoms with Crippen LogP contribution in [-0.2, 0) is 6.61 Å². The molecule has 0 radical (unpaired) electrons. The zero-order chi connectivity index (χ0) is 22.4. The lowest BCUT2D eigenvalue weighted by Crippen LogP contribution is -2.19. The normalized spacial score (nSPS) is 13.1. The van der Waals surface area contributed by atoms with E-state index in [1.807, 2.05) is 50.2 Å². The van der Waals surface area contributed by atoms with E-state index >= 15 is 0 Å². The fourth-order valence-corrected chi connectivity index (χ4v) is 4.22. The molecule has 160 valence electrons. The highest BCUT2D eigenvalue weighted by molar-refractivity contribution is 5.94. The van der Waals surface area contributed by atoms with Crippen LogP contribution in [0.15, 0.2) is 69.9 Å². The number of fused-ring (bicyclic) bond motifs is 4. The molecule has 3 aromatic carbocycles. The topological polar surface area (TPSA) is 88.8 Å². The van der Waals surface area contributed by atoms with Crippen molar-refractivity contribution in [1.29, 1.82) is 0 Å². The number of hydrogen-bond donors (Lipinski definition) is 2. The van der Waals surface area contributed by atoms with Gasteiger partial charge in [0.05, 0.1) is 28.1 Å². The van der Waals surface area contributed by atoms with Crippen LogP contribution in [0.4, 0.5) is 5.69 Å². The number of rotatable bonds is 4. The summed E-state index contributed by atoms with van der Waals surface area (Å²) in [5, 5.41) is 13.3. The maximum Gasteiger partial charge on any atom is 0.337 e. The van der Waals surface area contributed by atoms with Gasteiger partial charge in [0, 0.05) is 11.3 Å². The summed E-state index contributed by atoms with van der Waals surface area (Å²) in [5.41, 5.74) is 4.01. The number of benzene rings is 3. The molecule has 0 spiro atoms. The molecule has 0 saturated carbocycles. The van der Waals surface area contributed by atoms with Crippen LogP contribution < -0.4 is 15.5 Å². The van der Waals surface area contributed by atoms with E-state index in [-0.39, 0.29) is 23.6 Å². The second-order valence-electron chi connectivity index (χ2n) is 7.97. The van der Waals surface area contributed by atoms with Crippen LogP contribution in [0.5, 0.6) is 5.75 Å². The molecule has 1 unspecified atom stereocenters. The maximum atomic E-state index is 13.4. The van der Waals surface area contributed by atoms with Crippen molar-refractivity contribution in [3.8, 4) is 17.1 Å². The highest BCUT2D eigenvalue weighted by Crippen LogP contribution is 2.39. The summed E-state index contributed by atoms with van der Waals surface area (Å²) in [6.45, 7) is 4.00. The predicted octanol–water partition coefficient (Wildman–Crippen LogP) is 5.53. The van der Waals surface area contributed by atoms with Gasteiger partial charge in [-0.05, 0) is 49.7 Å². The van der Waals surface area contributed by atoms with Gasteiger partial charge in [-0.15, -0.1) is 0 Å². The Kier molecular flexibility index (Phi) is 4.70. The van der Waals surface area contributed by atoms with Gasteiger partial charge in [0.15, 0.2) is 5.43 Å². The quantitative estimate of drug-likeness (QED) is 0.445. The number of anilines is 1. The number of ether oxygens (including phenoxy) is 1. The molecule has 6 heteroatoms. The van der Waals surface area contributed by atoms with Crippen molar-refractivity contribution in [2.75, 3.05) is 5.32 Å².